The molecule has 1 amide bonds. The lowest BCUT2D eigenvalue weighted by Crippen LogP contribution is -2.23. The zero-order chi connectivity index (χ0) is 21.5. The zero-order valence-electron chi connectivity index (χ0n) is 17.7. The highest BCUT2D eigenvalue weighted by Crippen LogP contribution is 2.29. The Balaban J connectivity index is 1.84. The second kappa shape index (κ2) is 10.1. The number of nitrogens with one attached hydrogen (secondary N) is 3. The van der Waals surface area contributed by atoms with Crippen LogP contribution in [0.5, 0.6) is 0 Å². The van der Waals surface area contributed by atoms with Crippen LogP contribution in [0.2, 0.25) is 0 Å². The second-order valence-electron chi connectivity index (χ2n) is 6.66. The predicted octanol–water partition coefficient (Wildman–Crippen LogP) is 4.60. The van der Waals surface area contributed by atoms with Crippen LogP contribution in [-0.4, -0.2) is 39.2 Å². The van der Waals surface area contributed by atoms with Gasteiger partial charge in [0.05, 0.1) is 0 Å². The molecule has 3 aromatic rings. The van der Waals surface area contributed by atoms with Crippen LogP contribution < -0.4 is 15.5 Å². The van der Waals surface area contributed by atoms with Gasteiger partial charge in [-0.2, -0.15) is 5.10 Å². The highest BCUT2D eigenvalue weighted by molar-refractivity contribution is 7.99. The van der Waals surface area contributed by atoms with Gasteiger partial charge in [-0.3, -0.25) is 9.89 Å². The number of hydrogen-bond acceptors (Lipinski definition) is 7. The summed E-state index contributed by atoms with van der Waals surface area (Å²) in [7, 11) is 0. The molecule has 2 heterocycles. The van der Waals surface area contributed by atoms with E-state index in [0.29, 0.717) is 23.2 Å². The van der Waals surface area contributed by atoms with Gasteiger partial charge in [-0.1, -0.05) is 6.92 Å². The first-order valence-corrected chi connectivity index (χ1v) is 10.8. The normalized spacial score (nSPS) is 10.7. The first kappa shape index (κ1) is 21.6. The van der Waals surface area contributed by atoms with Crippen molar-refractivity contribution in [1.29, 1.82) is 0 Å². The molecule has 3 rings (SSSR count). The van der Waals surface area contributed by atoms with Crippen LogP contribution in [0.3, 0.4) is 0 Å². The van der Waals surface area contributed by atoms with Crippen LogP contribution >= 0.6 is 11.8 Å². The average Bonchev–Trinajstić information content (AvgIpc) is 3.14. The summed E-state index contributed by atoms with van der Waals surface area (Å²) in [6.45, 7) is 9.69. The quantitative estimate of drug-likeness (QED) is 0.431. The van der Waals surface area contributed by atoms with Crippen molar-refractivity contribution in [3.05, 3.63) is 42.1 Å². The number of carbonyl (C=O) groups is 1. The summed E-state index contributed by atoms with van der Waals surface area (Å²) in [6, 6.07) is 11.5. The first-order chi connectivity index (χ1) is 14.5. The maximum Gasteiger partial charge on any atom is 0.224 e. The Bertz CT molecular complexity index is 983. The number of hydrogen-bond donors (Lipinski definition) is 3. The highest BCUT2D eigenvalue weighted by Gasteiger charge is 2.12. The van der Waals surface area contributed by atoms with Crippen LogP contribution in [0.15, 0.2) is 46.5 Å². The number of aromatic amines is 1. The van der Waals surface area contributed by atoms with Gasteiger partial charge in [-0.05, 0) is 56.8 Å². The summed E-state index contributed by atoms with van der Waals surface area (Å²) in [5, 5.41) is 13.9. The Morgan fingerprint density at radius 1 is 1.07 bits per heavy atom. The van der Waals surface area contributed by atoms with E-state index in [1.807, 2.05) is 50.2 Å². The Labute approximate surface area is 180 Å². The minimum atomic E-state index is -0.00465. The number of anilines is 4. The van der Waals surface area contributed by atoms with E-state index in [1.165, 1.54) is 11.8 Å². The first-order valence-electron chi connectivity index (χ1n) is 10.0. The van der Waals surface area contributed by atoms with E-state index in [-0.39, 0.29) is 5.91 Å². The lowest BCUT2D eigenvalue weighted by atomic mass is 10.3. The fourth-order valence-corrected chi connectivity index (χ4v) is 3.57. The molecule has 158 valence electrons. The van der Waals surface area contributed by atoms with Crippen molar-refractivity contribution < 1.29 is 4.79 Å². The summed E-state index contributed by atoms with van der Waals surface area (Å²) in [6.07, 6.45) is 0.452. The number of H-pyrrole nitrogens is 1. The van der Waals surface area contributed by atoms with Crippen LogP contribution in [0.4, 0.5) is 23.1 Å². The van der Waals surface area contributed by atoms with Crippen molar-refractivity contribution in [3.8, 4) is 0 Å². The van der Waals surface area contributed by atoms with Crippen LogP contribution in [0.1, 0.15) is 32.9 Å². The monoisotopic (exact) mass is 425 g/mol. The number of amides is 1. The lowest BCUT2D eigenvalue weighted by Gasteiger charge is -2.21. The highest BCUT2D eigenvalue weighted by atomic mass is 32.2. The third-order valence-corrected chi connectivity index (χ3v) is 5.28. The number of nitrogens with zero attached hydrogens (tertiary/aromatic N) is 4. The number of aryl methyl sites for hydroxylation is 1. The molecule has 9 heteroatoms. The van der Waals surface area contributed by atoms with Gasteiger partial charge in [0, 0.05) is 47.9 Å². The summed E-state index contributed by atoms with van der Waals surface area (Å²) < 4.78 is 0. The molecule has 0 fully saturated rings. The number of carbonyl (C=O) groups excluding carboxylic acids is 1. The molecule has 0 saturated carbocycles. The molecule has 0 unspecified atom stereocenters. The smallest absolute Gasteiger partial charge is 0.224 e. The van der Waals surface area contributed by atoms with Crippen molar-refractivity contribution in [3.63, 3.8) is 0 Å². The van der Waals surface area contributed by atoms with Gasteiger partial charge >= 0.3 is 0 Å². The molecule has 1 aromatic carbocycles. The van der Waals surface area contributed by atoms with Gasteiger partial charge in [-0.25, -0.2) is 9.97 Å². The maximum atomic E-state index is 11.5. The minimum absolute atomic E-state index is 0.00465. The van der Waals surface area contributed by atoms with E-state index >= 15 is 0 Å². The van der Waals surface area contributed by atoms with Gasteiger partial charge in [0.15, 0.2) is 11.0 Å². The largest absolute Gasteiger partial charge is 0.357 e. The van der Waals surface area contributed by atoms with Crippen LogP contribution in [-0.2, 0) is 4.79 Å². The molecule has 0 aliphatic rings. The molecule has 0 radical (unpaired) electrons. The lowest BCUT2D eigenvalue weighted by molar-refractivity contribution is -0.115. The molecule has 3 N–H and O–H groups in total. The SMILES string of the molecule is CCC(=O)Nc1ccc(Sc2nc(Nc3cc(C)[nH]n3)cc(N(CC)CC)n2)cc1. The van der Waals surface area contributed by atoms with E-state index in [0.717, 1.165) is 35.2 Å². The summed E-state index contributed by atoms with van der Waals surface area (Å²) in [5.74, 6) is 2.26. The minimum Gasteiger partial charge on any atom is -0.357 e. The van der Waals surface area contributed by atoms with Gasteiger partial charge in [0.1, 0.15) is 11.6 Å². The fourth-order valence-electron chi connectivity index (χ4n) is 2.81. The molecule has 30 heavy (non-hydrogen) atoms. The molecule has 0 bridgehead atoms. The molecule has 0 aliphatic heterocycles. The van der Waals surface area contributed by atoms with Crippen LogP contribution in [0.25, 0.3) is 0 Å². The van der Waals surface area contributed by atoms with Crippen molar-refractivity contribution in [2.24, 2.45) is 0 Å². The van der Waals surface area contributed by atoms with E-state index in [2.05, 4.69) is 44.6 Å². The fraction of sp³-hybridized carbons (Fsp3) is 0.333. The Morgan fingerprint density at radius 2 is 1.80 bits per heavy atom. The standard InChI is InChI=1S/C21H27N7OS/c1-5-20(29)22-15-8-10-16(11-9-15)30-21-24-17(23-18-12-14(4)26-27-18)13-19(25-21)28(6-2)7-3/h8-13H,5-7H2,1-4H3,(H,22,29)(H2,23,24,25,26,27). The van der Waals surface area contributed by atoms with E-state index in [1.54, 1.807) is 0 Å². The second-order valence-corrected chi connectivity index (χ2v) is 7.70. The van der Waals surface area contributed by atoms with Crippen molar-refractivity contribution >= 4 is 40.8 Å². The van der Waals surface area contributed by atoms with Gasteiger partial charge in [-0.15, -0.1) is 0 Å². The zero-order valence-corrected chi connectivity index (χ0v) is 18.5. The molecule has 8 nitrogen and oxygen atoms in total. The van der Waals surface area contributed by atoms with E-state index in [9.17, 15) is 4.79 Å². The van der Waals surface area contributed by atoms with E-state index < -0.39 is 0 Å². The Morgan fingerprint density at radius 3 is 2.40 bits per heavy atom. The molecule has 2 aromatic heterocycles. The average molecular weight is 426 g/mol. The molecule has 0 aliphatic carbocycles. The van der Waals surface area contributed by atoms with Crippen molar-refractivity contribution in [2.45, 2.75) is 44.2 Å². The molecule has 0 saturated heterocycles. The molecular weight excluding hydrogens is 398 g/mol. The van der Waals surface area contributed by atoms with E-state index in [4.69, 9.17) is 4.98 Å². The van der Waals surface area contributed by atoms with Gasteiger partial charge in [0.25, 0.3) is 0 Å². The summed E-state index contributed by atoms with van der Waals surface area (Å²) >= 11 is 1.47. The topological polar surface area (TPSA) is 98.8 Å². The van der Waals surface area contributed by atoms with Crippen LogP contribution in [0, 0.1) is 6.92 Å². The Hall–Kier alpha value is -3.07. The molecule has 0 spiro atoms. The maximum absolute atomic E-state index is 11.5. The van der Waals surface area contributed by atoms with Gasteiger partial charge in [0.2, 0.25) is 5.91 Å². The third-order valence-electron chi connectivity index (χ3n) is 4.41. The number of benzene rings is 1. The third kappa shape index (κ3) is 5.73. The summed E-state index contributed by atoms with van der Waals surface area (Å²) in [4.78, 5) is 24.1. The Kier molecular flexibility index (Phi) is 7.29. The number of aromatic nitrogens is 4. The summed E-state index contributed by atoms with van der Waals surface area (Å²) in [5.41, 5.74) is 1.75. The van der Waals surface area contributed by atoms with Gasteiger partial charge < -0.3 is 15.5 Å². The molecule has 0 atom stereocenters. The predicted molar refractivity (Wildman–Crippen MR) is 122 cm³/mol. The number of rotatable bonds is 9. The van der Waals surface area contributed by atoms with Crippen molar-refractivity contribution in [1.82, 2.24) is 20.2 Å². The molecular formula is C21H27N7OS. The van der Waals surface area contributed by atoms with Crippen molar-refractivity contribution in [2.75, 3.05) is 28.6 Å².